The van der Waals surface area contributed by atoms with Gasteiger partial charge in [0.05, 0.1) is 12.2 Å². The van der Waals surface area contributed by atoms with Crippen LogP contribution in [0.1, 0.15) is 11.3 Å². The molecule has 0 bridgehead atoms. The highest BCUT2D eigenvalue weighted by Crippen LogP contribution is 2.18. The minimum atomic E-state index is -0.423. The lowest BCUT2D eigenvalue weighted by Gasteiger charge is -2.07. The van der Waals surface area contributed by atoms with E-state index in [0.717, 1.165) is 17.1 Å². The third-order valence-corrected chi connectivity index (χ3v) is 2.81. The van der Waals surface area contributed by atoms with Crippen LogP contribution in [0.3, 0.4) is 0 Å². The van der Waals surface area contributed by atoms with Gasteiger partial charge in [0.1, 0.15) is 5.82 Å². The number of nitrogens with one attached hydrogen (secondary N) is 2. The molecule has 2 rings (SSSR count). The lowest BCUT2D eigenvalue weighted by Crippen LogP contribution is -2.29. The molecule has 2 aromatic rings. The van der Waals surface area contributed by atoms with Gasteiger partial charge in [-0.3, -0.25) is 19.0 Å². The third kappa shape index (κ3) is 2.06. The van der Waals surface area contributed by atoms with Crippen LogP contribution in [0.5, 0.6) is 0 Å². The van der Waals surface area contributed by atoms with E-state index in [4.69, 9.17) is 0 Å². The number of aromatic amines is 1. The molecule has 7 nitrogen and oxygen atoms in total. The lowest BCUT2D eigenvalue weighted by atomic mass is 10.2. The Bertz CT molecular complexity index is 679. The van der Waals surface area contributed by atoms with Crippen molar-refractivity contribution in [2.45, 2.75) is 13.5 Å². The molecule has 0 radical (unpaired) electrons. The van der Waals surface area contributed by atoms with Gasteiger partial charge in [-0.05, 0) is 6.92 Å². The molecule has 2 aromatic heterocycles. The molecular formula is C11H15N5O2. The first-order valence-corrected chi connectivity index (χ1v) is 5.53. The van der Waals surface area contributed by atoms with Crippen LogP contribution in [0.2, 0.25) is 0 Å². The van der Waals surface area contributed by atoms with Crippen molar-refractivity contribution < 1.29 is 0 Å². The van der Waals surface area contributed by atoms with Crippen LogP contribution in [0.15, 0.2) is 21.9 Å². The molecule has 0 atom stereocenters. The highest BCUT2D eigenvalue weighted by atomic mass is 16.2. The average Bonchev–Trinajstić information content (AvgIpc) is 2.57. The number of H-pyrrole nitrogens is 1. The molecule has 2 heterocycles. The van der Waals surface area contributed by atoms with E-state index in [9.17, 15) is 9.59 Å². The van der Waals surface area contributed by atoms with Crippen LogP contribution in [0.4, 0.5) is 5.82 Å². The normalized spacial score (nSPS) is 10.6. The largest absolute Gasteiger partial charge is 0.373 e. The van der Waals surface area contributed by atoms with E-state index in [1.54, 1.807) is 11.7 Å². The number of nitrogens with zero attached hydrogens (tertiary/aromatic N) is 3. The lowest BCUT2D eigenvalue weighted by molar-refractivity contribution is 0.718. The number of hydrogen-bond acceptors (Lipinski definition) is 4. The molecule has 96 valence electrons. The van der Waals surface area contributed by atoms with Crippen LogP contribution in [-0.4, -0.2) is 26.4 Å². The second-order valence-electron chi connectivity index (χ2n) is 4.02. The summed E-state index contributed by atoms with van der Waals surface area (Å²) in [5, 5.41) is 7.34. The van der Waals surface area contributed by atoms with Crippen LogP contribution in [0.25, 0.3) is 0 Å². The molecule has 0 unspecified atom stereocenters. The summed E-state index contributed by atoms with van der Waals surface area (Å²) in [6, 6.07) is 1.33. The summed E-state index contributed by atoms with van der Waals surface area (Å²) in [4.78, 5) is 24.8. The zero-order valence-corrected chi connectivity index (χ0v) is 10.5. The van der Waals surface area contributed by atoms with Crippen molar-refractivity contribution in [1.82, 2.24) is 19.3 Å². The third-order valence-electron chi connectivity index (χ3n) is 2.81. The monoisotopic (exact) mass is 249 g/mol. The standard InChI is InChI=1S/C11H15N5O2/c1-7-8(10(12-2)15(3)14-7)6-16-5-4-9(17)13-11(16)18/h4-5,12H,6H2,1-3H3,(H,13,17,18). The molecule has 0 aromatic carbocycles. The smallest absolute Gasteiger partial charge is 0.328 e. The fourth-order valence-corrected chi connectivity index (χ4v) is 1.94. The zero-order valence-electron chi connectivity index (χ0n) is 10.5. The predicted molar refractivity (Wildman–Crippen MR) is 67.9 cm³/mol. The Morgan fingerprint density at radius 3 is 2.78 bits per heavy atom. The van der Waals surface area contributed by atoms with Gasteiger partial charge in [0.2, 0.25) is 0 Å². The van der Waals surface area contributed by atoms with E-state index in [0.29, 0.717) is 6.54 Å². The van der Waals surface area contributed by atoms with Crippen molar-refractivity contribution in [3.8, 4) is 0 Å². The summed E-state index contributed by atoms with van der Waals surface area (Å²) in [5.74, 6) is 0.852. The summed E-state index contributed by atoms with van der Waals surface area (Å²) in [5.41, 5.74) is 0.954. The first-order valence-electron chi connectivity index (χ1n) is 5.53. The quantitative estimate of drug-likeness (QED) is 0.780. The van der Waals surface area contributed by atoms with Gasteiger partial charge in [0.15, 0.2) is 0 Å². The summed E-state index contributed by atoms with van der Waals surface area (Å²) >= 11 is 0. The zero-order chi connectivity index (χ0) is 13.3. The van der Waals surface area contributed by atoms with Crippen LogP contribution < -0.4 is 16.6 Å². The second kappa shape index (κ2) is 4.52. The van der Waals surface area contributed by atoms with Gasteiger partial charge in [0, 0.05) is 31.9 Å². The van der Waals surface area contributed by atoms with Crippen molar-refractivity contribution in [1.29, 1.82) is 0 Å². The molecular weight excluding hydrogens is 234 g/mol. The van der Waals surface area contributed by atoms with E-state index >= 15 is 0 Å². The maximum absolute atomic E-state index is 11.6. The molecule has 2 N–H and O–H groups in total. The molecule has 18 heavy (non-hydrogen) atoms. The Balaban J connectivity index is 2.46. The predicted octanol–water partition coefficient (Wildman–Crippen LogP) is -0.331. The van der Waals surface area contributed by atoms with E-state index in [1.165, 1.54) is 16.8 Å². The Hall–Kier alpha value is -2.31. The summed E-state index contributed by atoms with van der Waals surface area (Å²) < 4.78 is 3.16. The van der Waals surface area contributed by atoms with Crippen LogP contribution in [-0.2, 0) is 13.6 Å². The van der Waals surface area contributed by atoms with Crippen molar-refractivity contribution in [3.63, 3.8) is 0 Å². The van der Waals surface area contributed by atoms with Crippen molar-refractivity contribution in [3.05, 3.63) is 44.4 Å². The van der Waals surface area contributed by atoms with Gasteiger partial charge in [-0.2, -0.15) is 5.10 Å². The topological polar surface area (TPSA) is 84.7 Å². The van der Waals surface area contributed by atoms with Gasteiger partial charge in [-0.15, -0.1) is 0 Å². The van der Waals surface area contributed by atoms with Crippen LogP contribution in [0, 0.1) is 6.92 Å². The number of aryl methyl sites for hydroxylation is 2. The molecule has 7 heteroatoms. The minimum absolute atomic E-state index is 0.367. The summed E-state index contributed by atoms with van der Waals surface area (Å²) in [7, 11) is 3.63. The molecule has 0 aliphatic rings. The van der Waals surface area contributed by atoms with Gasteiger partial charge in [0.25, 0.3) is 5.56 Å². The minimum Gasteiger partial charge on any atom is -0.373 e. The van der Waals surface area contributed by atoms with Gasteiger partial charge in [-0.1, -0.05) is 0 Å². The Labute approximate surface area is 103 Å². The Morgan fingerprint density at radius 1 is 1.44 bits per heavy atom. The van der Waals surface area contributed by atoms with E-state index in [2.05, 4.69) is 15.4 Å². The fourth-order valence-electron chi connectivity index (χ4n) is 1.94. The van der Waals surface area contributed by atoms with Gasteiger partial charge in [-0.25, -0.2) is 4.79 Å². The number of rotatable bonds is 3. The molecule has 0 spiro atoms. The highest BCUT2D eigenvalue weighted by molar-refractivity contribution is 5.47. The first-order chi connectivity index (χ1) is 8.52. The van der Waals surface area contributed by atoms with Crippen molar-refractivity contribution in [2.24, 2.45) is 7.05 Å². The molecule has 0 saturated heterocycles. The SMILES string of the molecule is CNc1c(Cn2ccc(=O)[nH]c2=O)c(C)nn1C. The maximum atomic E-state index is 11.6. The Kier molecular flexibility index (Phi) is 3.05. The summed E-state index contributed by atoms with van der Waals surface area (Å²) in [6.07, 6.45) is 1.48. The summed E-state index contributed by atoms with van der Waals surface area (Å²) in [6.45, 7) is 2.25. The molecule has 0 saturated carbocycles. The number of anilines is 1. The average molecular weight is 249 g/mol. The first kappa shape index (κ1) is 12.2. The molecule has 0 aliphatic heterocycles. The maximum Gasteiger partial charge on any atom is 0.328 e. The van der Waals surface area contributed by atoms with Gasteiger partial charge < -0.3 is 5.32 Å². The van der Waals surface area contributed by atoms with Crippen molar-refractivity contribution in [2.75, 3.05) is 12.4 Å². The number of hydrogen-bond donors (Lipinski definition) is 2. The molecule has 0 aliphatic carbocycles. The fraction of sp³-hybridized carbons (Fsp3) is 0.364. The van der Waals surface area contributed by atoms with E-state index in [-0.39, 0.29) is 0 Å². The van der Waals surface area contributed by atoms with Crippen LogP contribution >= 0.6 is 0 Å². The van der Waals surface area contributed by atoms with E-state index < -0.39 is 11.2 Å². The molecule has 0 amide bonds. The second-order valence-corrected chi connectivity index (χ2v) is 4.02. The van der Waals surface area contributed by atoms with Gasteiger partial charge >= 0.3 is 5.69 Å². The number of aromatic nitrogens is 4. The van der Waals surface area contributed by atoms with E-state index in [1.807, 2.05) is 14.0 Å². The van der Waals surface area contributed by atoms with Crippen molar-refractivity contribution >= 4 is 5.82 Å². The molecule has 0 fully saturated rings. The highest BCUT2D eigenvalue weighted by Gasteiger charge is 2.12. The Morgan fingerprint density at radius 2 is 2.17 bits per heavy atom.